The number of halogens is 3. The number of nitrogens with zero attached hydrogens (tertiary/aromatic N) is 3. The Morgan fingerprint density at radius 3 is 2.43 bits per heavy atom. The number of nitrogens with one attached hydrogen (secondary N) is 1. The van der Waals surface area contributed by atoms with Crippen molar-refractivity contribution in [1.29, 1.82) is 0 Å². The van der Waals surface area contributed by atoms with Crippen molar-refractivity contribution in [2.75, 3.05) is 11.9 Å². The van der Waals surface area contributed by atoms with Gasteiger partial charge in [0.25, 0.3) is 11.5 Å². The highest BCUT2D eigenvalue weighted by Crippen LogP contribution is 2.34. The fourth-order valence-corrected chi connectivity index (χ4v) is 4.49. The number of hydrogen-bond acceptors (Lipinski definition) is 5. The molecule has 190 valence electrons. The average molecular weight is 602 g/mol. The fraction of sp³-hybridized carbons (Fsp3) is 0.185. The van der Waals surface area contributed by atoms with Crippen LogP contribution in [0.5, 0.6) is 5.75 Å². The summed E-state index contributed by atoms with van der Waals surface area (Å²) in [7, 11) is 0. The van der Waals surface area contributed by atoms with Crippen LogP contribution in [-0.4, -0.2) is 28.4 Å². The molecule has 1 amide bonds. The zero-order valence-electron chi connectivity index (χ0n) is 20.3. The summed E-state index contributed by atoms with van der Waals surface area (Å²) < 4.78 is 7.63. The van der Waals surface area contributed by atoms with Gasteiger partial charge in [0.1, 0.15) is 5.82 Å². The quantitative estimate of drug-likeness (QED) is 0.250. The van der Waals surface area contributed by atoms with Gasteiger partial charge in [-0.15, -0.1) is 0 Å². The molecule has 4 aromatic rings. The van der Waals surface area contributed by atoms with E-state index in [2.05, 4.69) is 26.3 Å². The number of benzene rings is 3. The van der Waals surface area contributed by atoms with Crippen molar-refractivity contribution in [2.45, 2.75) is 26.2 Å². The van der Waals surface area contributed by atoms with Crippen LogP contribution in [0.1, 0.15) is 32.2 Å². The van der Waals surface area contributed by atoms with Crippen LogP contribution in [0.2, 0.25) is 10.0 Å². The lowest BCUT2D eigenvalue weighted by Crippen LogP contribution is -2.29. The van der Waals surface area contributed by atoms with Crippen LogP contribution in [-0.2, 0) is 10.2 Å². The first-order valence-electron chi connectivity index (χ1n) is 11.3. The minimum absolute atomic E-state index is 0.175. The SMILES string of the molecule is CC(C)(C)c1nc2ccc(Br)cc2c(=O)n1N=Cc1cc(Cl)c(OCC(=O)Nc2ccccc2)c(Cl)c1. The van der Waals surface area contributed by atoms with Crippen LogP contribution < -0.4 is 15.6 Å². The molecule has 10 heteroatoms. The van der Waals surface area contributed by atoms with Crippen molar-refractivity contribution in [3.8, 4) is 5.75 Å². The highest BCUT2D eigenvalue weighted by Gasteiger charge is 2.23. The molecule has 1 heterocycles. The maximum atomic E-state index is 13.3. The Balaban J connectivity index is 1.60. The van der Waals surface area contributed by atoms with Gasteiger partial charge in [0.15, 0.2) is 12.4 Å². The molecule has 0 fully saturated rings. The number of anilines is 1. The number of carbonyl (C=O) groups is 1. The predicted octanol–water partition coefficient (Wildman–Crippen LogP) is 6.66. The maximum Gasteiger partial charge on any atom is 0.282 e. The monoisotopic (exact) mass is 600 g/mol. The standard InChI is InChI=1S/C27H23BrCl2N4O3/c1-27(2,3)26-33-22-10-9-17(28)13-19(22)25(36)34(26)31-14-16-11-20(29)24(21(30)12-16)37-15-23(35)32-18-7-5-4-6-8-18/h4-14H,15H2,1-3H3,(H,32,35). The summed E-state index contributed by atoms with van der Waals surface area (Å²) in [5, 5.41) is 8.00. The summed E-state index contributed by atoms with van der Waals surface area (Å²) in [5.41, 5.74) is 1.03. The Morgan fingerprint density at radius 2 is 1.78 bits per heavy atom. The van der Waals surface area contributed by atoms with Crippen LogP contribution in [0.25, 0.3) is 10.9 Å². The van der Waals surface area contributed by atoms with Crippen molar-refractivity contribution in [3.05, 3.63) is 96.9 Å². The molecule has 1 aromatic heterocycles. The second kappa shape index (κ2) is 11.0. The van der Waals surface area contributed by atoms with E-state index in [0.29, 0.717) is 28.0 Å². The molecule has 0 radical (unpaired) electrons. The molecule has 0 aliphatic heterocycles. The maximum absolute atomic E-state index is 13.3. The molecule has 0 unspecified atom stereocenters. The van der Waals surface area contributed by atoms with E-state index in [9.17, 15) is 9.59 Å². The summed E-state index contributed by atoms with van der Waals surface area (Å²) in [6, 6.07) is 17.6. The highest BCUT2D eigenvalue weighted by atomic mass is 79.9. The second-order valence-corrected chi connectivity index (χ2v) is 11.0. The van der Waals surface area contributed by atoms with E-state index in [1.165, 1.54) is 10.9 Å². The van der Waals surface area contributed by atoms with Crippen LogP contribution in [0.15, 0.2) is 75.0 Å². The van der Waals surface area contributed by atoms with E-state index in [-0.39, 0.29) is 33.9 Å². The van der Waals surface area contributed by atoms with Crippen molar-refractivity contribution in [2.24, 2.45) is 5.10 Å². The van der Waals surface area contributed by atoms with Gasteiger partial charge in [0.05, 0.1) is 27.2 Å². The Labute approximate surface area is 232 Å². The molecular formula is C27H23BrCl2N4O3. The number of fused-ring (bicyclic) bond motifs is 1. The van der Waals surface area contributed by atoms with Gasteiger partial charge < -0.3 is 10.1 Å². The number of carbonyl (C=O) groups excluding carboxylic acids is 1. The summed E-state index contributed by atoms with van der Waals surface area (Å²) in [4.78, 5) is 30.2. The molecule has 3 aromatic carbocycles. The predicted molar refractivity (Wildman–Crippen MR) is 152 cm³/mol. The van der Waals surface area contributed by atoms with Crippen molar-refractivity contribution in [1.82, 2.24) is 9.66 Å². The van der Waals surface area contributed by atoms with Crippen molar-refractivity contribution in [3.63, 3.8) is 0 Å². The molecule has 37 heavy (non-hydrogen) atoms. The topological polar surface area (TPSA) is 85.6 Å². The van der Waals surface area contributed by atoms with Crippen molar-refractivity contribution >= 4 is 67.8 Å². The molecule has 0 spiro atoms. The zero-order chi connectivity index (χ0) is 26.7. The average Bonchev–Trinajstić information content (AvgIpc) is 2.83. The summed E-state index contributed by atoms with van der Waals surface area (Å²) in [6.45, 7) is 5.60. The van der Waals surface area contributed by atoms with Gasteiger partial charge in [-0.1, -0.05) is 78.1 Å². The lowest BCUT2D eigenvalue weighted by Gasteiger charge is -2.20. The Kier molecular flexibility index (Phi) is 8.02. The second-order valence-electron chi connectivity index (χ2n) is 9.22. The Hall–Kier alpha value is -3.20. The molecule has 0 saturated carbocycles. The number of ether oxygens (including phenoxy) is 1. The number of hydrogen-bond donors (Lipinski definition) is 1. The molecule has 7 nitrogen and oxygen atoms in total. The minimum Gasteiger partial charge on any atom is -0.481 e. The van der Waals surface area contributed by atoms with Crippen LogP contribution in [0, 0.1) is 0 Å². The molecule has 0 aliphatic rings. The van der Waals surface area contributed by atoms with E-state index in [1.54, 1.807) is 36.4 Å². The third-order valence-electron chi connectivity index (χ3n) is 5.23. The lowest BCUT2D eigenvalue weighted by atomic mass is 9.95. The summed E-state index contributed by atoms with van der Waals surface area (Å²) in [5.74, 6) is 0.326. The molecular weight excluding hydrogens is 579 g/mol. The molecule has 4 rings (SSSR count). The van der Waals surface area contributed by atoms with Gasteiger partial charge in [0, 0.05) is 15.6 Å². The first kappa shape index (κ1) is 26.9. The molecule has 1 N–H and O–H groups in total. The van der Waals surface area contributed by atoms with Crippen LogP contribution in [0.3, 0.4) is 0 Å². The van der Waals surface area contributed by atoms with Gasteiger partial charge in [-0.05, 0) is 48.0 Å². The first-order valence-corrected chi connectivity index (χ1v) is 12.8. The molecule has 0 bridgehead atoms. The molecule has 0 aliphatic carbocycles. The normalized spacial score (nSPS) is 11.7. The number of para-hydroxylation sites is 1. The van der Waals surface area contributed by atoms with E-state index < -0.39 is 5.41 Å². The van der Waals surface area contributed by atoms with Gasteiger partial charge >= 0.3 is 0 Å². The van der Waals surface area contributed by atoms with Gasteiger partial charge in [-0.3, -0.25) is 9.59 Å². The number of aromatic nitrogens is 2. The highest BCUT2D eigenvalue weighted by molar-refractivity contribution is 9.10. The van der Waals surface area contributed by atoms with E-state index in [0.717, 1.165) is 4.47 Å². The van der Waals surface area contributed by atoms with Crippen molar-refractivity contribution < 1.29 is 9.53 Å². The first-order chi connectivity index (χ1) is 17.5. The van der Waals surface area contributed by atoms with Crippen LogP contribution in [0.4, 0.5) is 5.69 Å². The summed E-state index contributed by atoms with van der Waals surface area (Å²) >= 11 is 16.2. The minimum atomic E-state index is -0.453. The Morgan fingerprint density at radius 1 is 1.11 bits per heavy atom. The van der Waals surface area contributed by atoms with Gasteiger partial charge in [-0.2, -0.15) is 9.78 Å². The molecule has 0 atom stereocenters. The largest absolute Gasteiger partial charge is 0.481 e. The number of amides is 1. The van der Waals surface area contributed by atoms with E-state index >= 15 is 0 Å². The third kappa shape index (κ3) is 6.39. The Bertz CT molecular complexity index is 1540. The number of rotatable bonds is 6. The molecule has 0 saturated heterocycles. The fourth-order valence-electron chi connectivity index (χ4n) is 3.51. The van der Waals surface area contributed by atoms with Gasteiger partial charge in [0.2, 0.25) is 0 Å². The van der Waals surface area contributed by atoms with Crippen LogP contribution >= 0.6 is 39.1 Å². The smallest absolute Gasteiger partial charge is 0.282 e. The van der Waals surface area contributed by atoms with E-state index in [4.69, 9.17) is 32.9 Å². The van der Waals surface area contributed by atoms with E-state index in [1.807, 2.05) is 45.0 Å². The lowest BCUT2D eigenvalue weighted by molar-refractivity contribution is -0.118. The summed E-state index contributed by atoms with van der Waals surface area (Å²) in [6.07, 6.45) is 1.48. The third-order valence-corrected chi connectivity index (χ3v) is 6.28. The zero-order valence-corrected chi connectivity index (χ0v) is 23.4. The van der Waals surface area contributed by atoms with Gasteiger partial charge in [-0.25, -0.2) is 4.98 Å².